The fourth-order valence-corrected chi connectivity index (χ4v) is 5.96. The zero-order valence-electron chi connectivity index (χ0n) is 22.8. The van der Waals surface area contributed by atoms with Crippen molar-refractivity contribution >= 4 is 17.4 Å². The molecule has 0 amide bonds. The number of halogens is 1. The molecule has 2 atom stereocenters. The normalized spacial score (nSPS) is 26.7. The zero-order chi connectivity index (χ0) is 26.5. The summed E-state index contributed by atoms with van der Waals surface area (Å²) >= 11 is 0. The van der Waals surface area contributed by atoms with Gasteiger partial charge in [-0.1, -0.05) is 31.6 Å². The molecule has 0 radical (unpaired) electrons. The number of ether oxygens (including phenoxy) is 1. The number of hydrogen-bond donors (Lipinski definition) is 0. The van der Waals surface area contributed by atoms with E-state index in [1.807, 2.05) is 45.1 Å². The van der Waals surface area contributed by atoms with Gasteiger partial charge in [-0.15, -0.1) is 0 Å². The highest BCUT2D eigenvalue weighted by molar-refractivity contribution is 5.95. The van der Waals surface area contributed by atoms with E-state index < -0.39 is 5.41 Å². The van der Waals surface area contributed by atoms with E-state index in [4.69, 9.17) is 4.74 Å². The van der Waals surface area contributed by atoms with Gasteiger partial charge in [0.15, 0.2) is 5.78 Å². The summed E-state index contributed by atoms with van der Waals surface area (Å²) in [4.78, 5) is 30.7. The van der Waals surface area contributed by atoms with Crippen molar-refractivity contribution in [3.05, 3.63) is 53.9 Å². The van der Waals surface area contributed by atoms with Gasteiger partial charge < -0.3 is 9.64 Å². The smallest absolute Gasteiger partial charge is 0.312 e. The van der Waals surface area contributed by atoms with E-state index in [1.165, 1.54) is 17.7 Å². The second kappa shape index (κ2) is 11.9. The van der Waals surface area contributed by atoms with Crippen molar-refractivity contribution in [1.82, 2.24) is 4.90 Å². The predicted octanol–water partition coefficient (Wildman–Crippen LogP) is 6.09. The summed E-state index contributed by atoms with van der Waals surface area (Å²) in [5.41, 5.74) is 1.47. The minimum Gasteiger partial charge on any atom is -0.462 e. The minimum atomic E-state index is -0.397. The first-order chi connectivity index (χ1) is 17.7. The standard InChI is InChI=1S/C31H43FN2O3/c1-4-5-14-30(2,3)28(35)22-24-7-6-15-31(16-12-24)23-27(37-29(31)36)13-17-33-18-20-34(21-19-33)26-10-8-25(32)9-11-26/h4-5,8-11,22,27H,6-7,12-21,23H2,1-3H3/b5-4+,24-22?/t27-,31?/m0/s1. The minimum absolute atomic E-state index is 0.0189. The Morgan fingerprint density at radius 2 is 1.86 bits per heavy atom. The number of cyclic esters (lactones) is 1. The fraction of sp³-hybridized carbons (Fsp3) is 0.613. The molecule has 1 aromatic carbocycles. The fourth-order valence-electron chi connectivity index (χ4n) is 5.96. The molecule has 6 heteroatoms. The van der Waals surface area contributed by atoms with Crippen LogP contribution < -0.4 is 4.90 Å². The number of benzene rings is 1. The van der Waals surface area contributed by atoms with Crippen LogP contribution >= 0.6 is 0 Å². The summed E-state index contributed by atoms with van der Waals surface area (Å²) < 4.78 is 19.1. The van der Waals surface area contributed by atoms with Gasteiger partial charge in [-0.05, 0) is 82.2 Å². The quantitative estimate of drug-likeness (QED) is 0.241. The molecular weight excluding hydrogens is 467 g/mol. The topological polar surface area (TPSA) is 49.9 Å². The van der Waals surface area contributed by atoms with Crippen molar-refractivity contribution in [2.24, 2.45) is 10.8 Å². The number of hydrogen-bond acceptors (Lipinski definition) is 5. The first-order valence-electron chi connectivity index (χ1n) is 14.0. The van der Waals surface area contributed by atoms with Crippen molar-refractivity contribution in [1.29, 1.82) is 0 Å². The summed E-state index contributed by atoms with van der Waals surface area (Å²) in [6.07, 6.45) is 12.6. The molecule has 202 valence electrons. The number of nitrogens with zero attached hydrogens (tertiary/aromatic N) is 2. The van der Waals surface area contributed by atoms with E-state index >= 15 is 0 Å². The first kappa shape index (κ1) is 27.6. The number of rotatable bonds is 8. The molecule has 1 saturated carbocycles. The van der Waals surface area contributed by atoms with Crippen LogP contribution in [0.3, 0.4) is 0 Å². The van der Waals surface area contributed by atoms with E-state index in [0.29, 0.717) is 0 Å². The molecule has 37 heavy (non-hydrogen) atoms. The van der Waals surface area contributed by atoms with Gasteiger partial charge in [0.1, 0.15) is 11.9 Å². The SMILES string of the molecule is C/C=C/CC(C)(C)C(=O)C=C1CCCC2(CC1)C[C@H](CCN1CCN(c3ccc(F)cc3)CC1)OC2=O. The monoisotopic (exact) mass is 510 g/mol. The maximum absolute atomic E-state index is 13.2. The summed E-state index contributed by atoms with van der Waals surface area (Å²) in [5.74, 6) is -0.0488. The molecule has 0 N–H and O–H groups in total. The lowest BCUT2D eigenvalue weighted by atomic mass is 9.77. The number of ketones is 1. The number of piperazine rings is 1. The molecule has 3 aliphatic rings. The Hall–Kier alpha value is -2.47. The second-order valence-corrected chi connectivity index (χ2v) is 11.8. The number of allylic oxidation sites excluding steroid dienone is 4. The van der Waals surface area contributed by atoms with Gasteiger partial charge in [0, 0.05) is 50.2 Å². The van der Waals surface area contributed by atoms with Crippen molar-refractivity contribution in [3.8, 4) is 0 Å². The van der Waals surface area contributed by atoms with E-state index in [-0.39, 0.29) is 29.1 Å². The lowest BCUT2D eigenvalue weighted by Crippen LogP contribution is -2.47. The molecule has 2 heterocycles. The lowest BCUT2D eigenvalue weighted by molar-refractivity contribution is -0.149. The van der Waals surface area contributed by atoms with E-state index in [2.05, 4.69) is 15.9 Å². The Morgan fingerprint density at radius 3 is 2.57 bits per heavy atom. The Balaban J connectivity index is 1.25. The van der Waals surface area contributed by atoms with Crippen molar-refractivity contribution in [2.75, 3.05) is 37.6 Å². The lowest BCUT2D eigenvalue weighted by Gasteiger charge is -2.36. The van der Waals surface area contributed by atoms with Crippen LogP contribution in [-0.2, 0) is 14.3 Å². The van der Waals surface area contributed by atoms with Crippen LogP contribution in [0.4, 0.5) is 10.1 Å². The van der Waals surface area contributed by atoms with Crippen LogP contribution in [-0.4, -0.2) is 55.5 Å². The zero-order valence-corrected chi connectivity index (χ0v) is 22.8. The Bertz CT molecular complexity index is 1010. The molecule has 2 aliphatic heterocycles. The molecule has 1 aromatic rings. The van der Waals surface area contributed by atoms with Crippen LogP contribution in [0.5, 0.6) is 0 Å². The molecule has 1 spiro atoms. The van der Waals surface area contributed by atoms with E-state index in [9.17, 15) is 14.0 Å². The molecule has 0 aromatic heterocycles. The molecule has 1 unspecified atom stereocenters. The van der Waals surface area contributed by atoms with Gasteiger partial charge in [-0.2, -0.15) is 0 Å². The highest BCUT2D eigenvalue weighted by Crippen LogP contribution is 2.47. The maximum Gasteiger partial charge on any atom is 0.312 e. The third-order valence-corrected chi connectivity index (χ3v) is 8.60. The third-order valence-electron chi connectivity index (χ3n) is 8.60. The largest absolute Gasteiger partial charge is 0.462 e. The average molecular weight is 511 g/mol. The van der Waals surface area contributed by atoms with Crippen LogP contribution in [0.1, 0.15) is 72.1 Å². The van der Waals surface area contributed by atoms with Crippen LogP contribution in [0.2, 0.25) is 0 Å². The van der Waals surface area contributed by atoms with Crippen LogP contribution in [0.25, 0.3) is 0 Å². The van der Waals surface area contributed by atoms with Crippen LogP contribution in [0.15, 0.2) is 48.1 Å². The van der Waals surface area contributed by atoms with Crippen molar-refractivity contribution < 1.29 is 18.7 Å². The number of carbonyl (C=O) groups is 2. The average Bonchev–Trinajstić information content (AvgIpc) is 3.05. The predicted molar refractivity (Wildman–Crippen MR) is 146 cm³/mol. The van der Waals surface area contributed by atoms with E-state index in [1.54, 1.807) is 0 Å². The van der Waals surface area contributed by atoms with Crippen LogP contribution in [0, 0.1) is 16.6 Å². The molecule has 3 fully saturated rings. The van der Waals surface area contributed by atoms with Gasteiger partial charge in [0.25, 0.3) is 0 Å². The summed E-state index contributed by atoms with van der Waals surface area (Å²) in [6, 6.07) is 6.72. The maximum atomic E-state index is 13.2. The van der Waals surface area contributed by atoms with E-state index in [0.717, 1.165) is 89.8 Å². The number of esters is 1. The number of carbonyl (C=O) groups excluding carboxylic acids is 2. The molecule has 2 saturated heterocycles. The van der Waals surface area contributed by atoms with Crippen molar-refractivity contribution in [3.63, 3.8) is 0 Å². The highest BCUT2D eigenvalue weighted by atomic mass is 19.1. The van der Waals surface area contributed by atoms with Gasteiger partial charge >= 0.3 is 5.97 Å². The van der Waals surface area contributed by atoms with Gasteiger partial charge in [0.2, 0.25) is 0 Å². The molecular formula is C31H43FN2O3. The Labute approximate surface area is 221 Å². The van der Waals surface area contributed by atoms with Gasteiger partial charge in [-0.25, -0.2) is 4.39 Å². The van der Waals surface area contributed by atoms with Gasteiger partial charge in [-0.3, -0.25) is 14.5 Å². The highest BCUT2D eigenvalue weighted by Gasteiger charge is 2.48. The summed E-state index contributed by atoms with van der Waals surface area (Å²) in [6.45, 7) is 10.7. The first-order valence-corrected chi connectivity index (χ1v) is 14.0. The molecule has 1 aliphatic carbocycles. The number of anilines is 1. The van der Waals surface area contributed by atoms with Crippen molar-refractivity contribution in [2.45, 2.75) is 78.2 Å². The Kier molecular flexibility index (Phi) is 8.89. The summed E-state index contributed by atoms with van der Waals surface area (Å²) in [7, 11) is 0. The second-order valence-electron chi connectivity index (χ2n) is 11.8. The summed E-state index contributed by atoms with van der Waals surface area (Å²) in [5, 5.41) is 0. The van der Waals surface area contributed by atoms with Gasteiger partial charge in [0.05, 0.1) is 5.41 Å². The Morgan fingerprint density at radius 1 is 1.14 bits per heavy atom. The molecule has 5 nitrogen and oxygen atoms in total. The molecule has 4 rings (SSSR count). The third kappa shape index (κ3) is 6.90. The molecule has 0 bridgehead atoms.